The van der Waals surface area contributed by atoms with Gasteiger partial charge in [0.15, 0.2) is 11.5 Å². The monoisotopic (exact) mass is 399 g/mol. The van der Waals surface area contributed by atoms with E-state index in [0.717, 1.165) is 17.1 Å². The Hall–Kier alpha value is -3.06. The van der Waals surface area contributed by atoms with Gasteiger partial charge in [-0.15, -0.1) is 0 Å². The second-order valence-electron chi connectivity index (χ2n) is 6.25. The standard InChI is InChI=1S/C20H18ClN3O4/c21-15-4-2-1-3-14(15)20-23-19(28-24-20)12-22-18(25)8-6-13-5-7-16-17(11-13)27-10-9-26-16/h1-5,7,11H,6,8-10,12H2,(H,22,25). The van der Waals surface area contributed by atoms with Crippen molar-refractivity contribution in [1.29, 1.82) is 0 Å². The number of ether oxygens (including phenoxy) is 2. The van der Waals surface area contributed by atoms with Crippen molar-refractivity contribution < 1.29 is 18.8 Å². The van der Waals surface area contributed by atoms with Crippen molar-refractivity contribution in [2.24, 2.45) is 0 Å². The highest BCUT2D eigenvalue weighted by molar-refractivity contribution is 6.33. The summed E-state index contributed by atoms with van der Waals surface area (Å²) in [6.45, 7) is 1.26. The molecule has 28 heavy (non-hydrogen) atoms. The number of aryl methyl sites for hydroxylation is 1. The van der Waals surface area contributed by atoms with Crippen LogP contribution in [-0.2, 0) is 17.8 Å². The van der Waals surface area contributed by atoms with Crippen molar-refractivity contribution >= 4 is 17.5 Å². The Morgan fingerprint density at radius 1 is 1.11 bits per heavy atom. The van der Waals surface area contributed by atoms with Gasteiger partial charge in [0.25, 0.3) is 0 Å². The zero-order chi connectivity index (χ0) is 19.3. The van der Waals surface area contributed by atoms with Gasteiger partial charge in [-0.05, 0) is 36.2 Å². The molecule has 1 aliphatic heterocycles. The van der Waals surface area contributed by atoms with E-state index in [2.05, 4.69) is 15.5 Å². The molecule has 3 aromatic rings. The molecule has 7 nitrogen and oxygen atoms in total. The lowest BCUT2D eigenvalue weighted by Gasteiger charge is -2.18. The quantitative estimate of drug-likeness (QED) is 0.683. The molecule has 0 radical (unpaired) electrons. The molecule has 2 heterocycles. The molecule has 2 aromatic carbocycles. The van der Waals surface area contributed by atoms with Gasteiger partial charge >= 0.3 is 0 Å². The average Bonchev–Trinajstić information content (AvgIpc) is 3.19. The van der Waals surface area contributed by atoms with E-state index in [1.165, 1.54) is 0 Å². The number of amides is 1. The predicted molar refractivity (Wildman–Crippen MR) is 102 cm³/mol. The molecule has 0 saturated heterocycles. The van der Waals surface area contributed by atoms with E-state index in [-0.39, 0.29) is 12.5 Å². The summed E-state index contributed by atoms with van der Waals surface area (Å²) in [5, 5.41) is 7.24. The van der Waals surface area contributed by atoms with Crippen molar-refractivity contribution in [1.82, 2.24) is 15.5 Å². The minimum atomic E-state index is -0.104. The van der Waals surface area contributed by atoms with Gasteiger partial charge in [-0.2, -0.15) is 4.98 Å². The summed E-state index contributed by atoms with van der Waals surface area (Å²) in [5.41, 5.74) is 1.70. The maximum absolute atomic E-state index is 12.1. The molecule has 4 rings (SSSR count). The fourth-order valence-electron chi connectivity index (χ4n) is 2.84. The highest BCUT2D eigenvalue weighted by atomic mass is 35.5. The van der Waals surface area contributed by atoms with Crippen molar-refractivity contribution in [3.8, 4) is 22.9 Å². The van der Waals surface area contributed by atoms with Gasteiger partial charge in [-0.25, -0.2) is 0 Å². The van der Waals surface area contributed by atoms with E-state index >= 15 is 0 Å². The summed E-state index contributed by atoms with van der Waals surface area (Å²) in [5.74, 6) is 2.08. The van der Waals surface area contributed by atoms with Crippen LogP contribution in [0.5, 0.6) is 11.5 Å². The number of benzene rings is 2. The highest BCUT2D eigenvalue weighted by Crippen LogP contribution is 2.31. The molecule has 144 valence electrons. The molecule has 0 atom stereocenters. The Balaban J connectivity index is 1.29. The largest absolute Gasteiger partial charge is 0.486 e. The topological polar surface area (TPSA) is 86.5 Å². The van der Waals surface area contributed by atoms with E-state index in [9.17, 15) is 4.79 Å². The Morgan fingerprint density at radius 2 is 1.93 bits per heavy atom. The number of aromatic nitrogens is 2. The lowest BCUT2D eigenvalue weighted by atomic mass is 10.1. The molecule has 0 spiro atoms. The average molecular weight is 400 g/mol. The molecule has 0 saturated carbocycles. The van der Waals surface area contributed by atoms with Crippen molar-refractivity contribution in [2.75, 3.05) is 13.2 Å². The van der Waals surface area contributed by atoms with Gasteiger partial charge < -0.3 is 19.3 Å². The highest BCUT2D eigenvalue weighted by Gasteiger charge is 2.14. The lowest BCUT2D eigenvalue weighted by Crippen LogP contribution is -2.23. The van der Waals surface area contributed by atoms with Gasteiger partial charge in [0, 0.05) is 12.0 Å². The van der Waals surface area contributed by atoms with Gasteiger partial charge in [0.1, 0.15) is 13.2 Å². The summed E-state index contributed by atoms with van der Waals surface area (Å²) in [4.78, 5) is 16.4. The van der Waals surface area contributed by atoms with E-state index < -0.39 is 0 Å². The number of carbonyl (C=O) groups excluding carboxylic acids is 1. The van der Waals surface area contributed by atoms with Gasteiger partial charge in [0.2, 0.25) is 17.6 Å². The molecule has 8 heteroatoms. The third-order valence-corrected chi connectivity index (χ3v) is 4.60. The Morgan fingerprint density at radius 3 is 2.79 bits per heavy atom. The van der Waals surface area contributed by atoms with Crippen LogP contribution in [0.25, 0.3) is 11.4 Å². The van der Waals surface area contributed by atoms with Crippen LogP contribution in [0.4, 0.5) is 0 Å². The number of rotatable bonds is 6. The van der Waals surface area contributed by atoms with E-state index in [1.807, 2.05) is 36.4 Å². The molecular weight excluding hydrogens is 382 g/mol. The summed E-state index contributed by atoms with van der Waals surface area (Å²) in [6, 6.07) is 13.0. The van der Waals surface area contributed by atoms with Crippen LogP contribution in [0.2, 0.25) is 5.02 Å². The maximum atomic E-state index is 12.1. The number of hydrogen-bond acceptors (Lipinski definition) is 6. The molecule has 0 fully saturated rings. The van der Waals surface area contributed by atoms with Crippen molar-refractivity contribution in [2.45, 2.75) is 19.4 Å². The van der Waals surface area contributed by atoms with Crippen molar-refractivity contribution in [3.63, 3.8) is 0 Å². The number of nitrogens with one attached hydrogen (secondary N) is 1. The first-order valence-electron chi connectivity index (χ1n) is 8.92. The van der Waals surface area contributed by atoms with Crippen LogP contribution in [-0.4, -0.2) is 29.3 Å². The van der Waals surface area contributed by atoms with Crippen LogP contribution >= 0.6 is 11.6 Å². The molecule has 1 N–H and O–H groups in total. The molecule has 1 aromatic heterocycles. The van der Waals surface area contributed by atoms with Crippen LogP contribution in [0.15, 0.2) is 47.0 Å². The normalized spacial score (nSPS) is 12.6. The van der Waals surface area contributed by atoms with Crippen LogP contribution in [0.1, 0.15) is 17.9 Å². The van der Waals surface area contributed by atoms with Gasteiger partial charge in [-0.3, -0.25) is 4.79 Å². The third kappa shape index (κ3) is 4.26. The number of carbonyl (C=O) groups is 1. The fraction of sp³-hybridized carbons (Fsp3) is 0.250. The number of fused-ring (bicyclic) bond motifs is 1. The minimum absolute atomic E-state index is 0.104. The molecule has 0 aliphatic carbocycles. The summed E-state index contributed by atoms with van der Waals surface area (Å²) < 4.78 is 16.2. The molecule has 0 unspecified atom stereocenters. The van der Waals surface area contributed by atoms with E-state index in [0.29, 0.717) is 48.4 Å². The van der Waals surface area contributed by atoms with Gasteiger partial charge in [-0.1, -0.05) is 35.0 Å². The van der Waals surface area contributed by atoms with E-state index in [4.69, 9.17) is 25.6 Å². The zero-order valence-electron chi connectivity index (χ0n) is 15.0. The van der Waals surface area contributed by atoms with Crippen molar-refractivity contribution in [3.05, 3.63) is 58.9 Å². The van der Waals surface area contributed by atoms with Gasteiger partial charge in [0.05, 0.1) is 11.6 Å². The van der Waals surface area contributed by atoms with Crippen LogP contribution in [0, 0.1) is 0 Å². The summed E-state index contributed by atoms with van der Waals surface area (Å²) in [7, 11) is 0. The first-order chi connectivity index (χ1) is 13.7. The van der Waals surface area contributed by atoms with Crippen LogP contribution < -0.4 is 14.8 Å². The third-order valence-electron chi connectivity index (χ3n) is 4.27. The Labute approximate surface area is 166 Å². The lowest BCUT2D eigenvalue weighted by molar-refractivity contribution is -0.121. The Bertz CT molecular complexity index is 989. The first kappa shape index (κ1) is 18.3. The second-order valence-corrected chi connectivity index (χ2v) is 6.65. The van der Waals surface area contributed by atoms with Crippen LogP contribution in [0.3, 0.4) is 0 Å². The molecule has 0 bridgehead atoms. The number of halogens is 1. The SMILES string of the molecule is O=C(CCc1ccc2c(c1)OCCO2)NCc1nc(-c2ccccc2Cl)no1. The summed E-state index contributed by atoms with van der Waals surface area (Å²) >= 11 is 6.13. The smallest absolute Gasteiger partial charge is 0.246 e. The molecule has 1 aliphatic rings. The number of nitrogens with zero attached hydrogens (tertiary/aromatic N) is 2. The summed E-state index contributed by atoms with van der Waals surface area (Å²) in [6.07, 6.45) is 0.933. The maximum Gasteiger partial charge on any atom is 0.246 e. The predicted octanol–water partition coefficient (Wildman–Crippen LogP) is 3.41. The minimum Gasteiger partial charge on any atom is -0.486 e. The zero-order valence-corrected chi connectivity index (χ0v) is 15.7. The Kier molecular flexibility index (Phi) is 5.43. The number of hydrogen-bond donors (Lipinski definition) is 1. The molecular formula is C20H18ClN3O4. The second kappa shape index (κ2) is 8.31. The van der Waals surface area contributed by atoms with E-state index in [1.54, 1.807) is 6.07 Å². The molecule has 1 amide bonds. The fourth-order valence-corrected chi connectivity index (χ4v) is 3.06. The first-order valence-corrected chi connectivity index (χ1v) is 9.29.